The van der Waals surface area contributed by atoms with Gasteiger partial charge in [-0.1, -0.05) is 32.4 Å². The van der Waals surface area contributed by atoms with Gasteiger partial charge in [0.25, 0.3) is 0 Å². The lowest BCUT2D eigenvalue weighted by Gasteiger charge is -2.28. The Morgan fingerprint density at radius 2 is 1.87 bits per heavy atom. The van der Waals surface area contributed by atoms with Crippen LogP contribution in [0.15, 0.2) is 53.9 Å². The van der Waals surface area contributed by atoms with Gasteiger partial charge in [-0.3, -0.25) is 23.9 Å². The normalized spacial score (nSPS) is 21.7. The zero-order valence-corrected chi connectivity index (χ0v) is 32.2. The number of nitrogens with zero attached hydrogens (tertiary/aromatic N) is 6. The number of benzene rings is 1. The average Bonchev–Trinajstić information content (AvgIpc) is 3.98. The van der Waals surface area contributed by atoms with Crippen molar-refractivity contribution in [3.63, 3.8) is 0 Å². The number of Topliss-reactive ketones (excluding diaryl/α,β-unsaturated/α-hetero) is 1. The van der Waals surface area contributed by atoms with Crippen LogP contribution in [0.25, 0.3) is 22.0 Å². The minimum Gasteiger partial charge on any atom is -0.355 e. The highest BCUT2D eigenvalue weighted by atomic mass is 79.9. The van der Waals surface area contributed by atoms with Crippen molar-refractivity contribution in [3.05, 3.63) is 76.6 Å². The van der Waals surface area contributed by atoms with E-state index in [0.717, 1.165) is 47.9 Å². The molecule has 1 aromatic carbocycles. The molecule has 53 heavy (non-hydrogen) atoms. The lowest BCUT2D eigenvalue weighted by atomic mass is 9.95. The number of carbonyl (C=O) groups is 4. The number of unbranched alkanes of at least 4 members (excludes halogenated alkanes) is 1. The maximum Gasteiger partial charge on any atom is 0.248 e. The molecule has 4 aromatic rings. The van der Waals surface area contributed by atoms with Crippen molar-refractivity contribution in [1.29, 1.82) is 0 Å². The van der Waals surface area contributed by atoms with Crippen molar-refractivity contribution in [2.24, 2.45) is 11.3 Å². The fourth-order valence-electron chi connectivity index (χ4n) is 8.20. The molecule has 0 spiro atoms. The van der Waals surface area contributed by atoms with Gasteiger partial charge in [0, 0.05) is 54.7 Å². The smallest absolute Gasteiger partial charge is 0.248 e. The molecule has 3 aromatic heterocycles. The van der Waals surface area contributed by atoms with Gasteiger partial charge in [0.05, 0.1) is 5.52 Å². The van der Waals surface area contributed by atoms with Crippen molar-refractivity contribution >= 4 is 56.2 Å². The third kappa shape index (κ3) is 7.03. The second-order valence-electron chi connectivity index (χ2n) is 14.8. The van der Waals surface area contributed by atoms with E-state index in [2.05, 4.69) is 55.0 Å². The molecule has 3 amide bonds. The number of aromatic nitrogens is 5. The molecular formula is C40H45BrN8O4. The molecule has 0 radical (unpaired) electrons. The van der Waals surface area contributed by atoms with Gasteiger partial charge in [0.15, 0.2) is 5.78 Å². The molecule has 3 fully saturated rings. The number of fused-ring (bicyclic) bond motifs is 2. The highest BCUT2D eigenvalue weighted by Gasteiger charge is 2.72. The molecule has 1 aliphatic heterocycles. The molecule has 4 heterocycles. The van der Waals surface area contributed by atoms with Crippen molar-refractivity contribution in [1.82, 2.24) is 34.9 Å². The number of allylic oxidation sites excluding steroid dienone is 1. The predicted octanol–water partition coefficient (Wildman–Crippen LogP) is 6.32. The van der Waals surface area contributed by atoms with Crippen LogP contribution >= 0.6 is 15.9 Å². The number of halogens is 1. The number of hydrogen-bond donors (Lipinski definition) is 2. The molecular weight excluding hydrogens is 736 g/mol. The Morgan fingerprint density at radius 3 is 2.55 bits per heavy atom. The van der Waals surface area contributed by atoms with Gasteiger partial charge < -0.3 is 15.5 Å². The minimum atomic E-state index is -0.793. The lowest BCUT2D eigenvalue weighted by Crippen LogP contribution is -2.47. The number of anilines is 1. The van der Waals surface area contributed by atoms with Crippen LogP contribution in [0.2, 0.25) is 0 Å². The van der Waals surface area contributed by atoms with Gasteiger partial charge in [-0.2, -0.15) is 5.10 Å². The van der Waals surface area contributed by atoms with E-state index in [1.807, 2.05) is 38.1 Å². The Hall–Kier alpha value is -4.78. The zero-order valence-electron chi connectivity index (χ0n) is 30.6. The molecule has 3 aliphatic rings. The molecule has 1 saturated heterocycles. The summed E-state index contributed by atoms with van der Waals surface area (Å²) in [6, 6.07) is 6.70. The van der Waals surface area contributed by atoms with Crippen molar-refractivity contribution in [2.75, 3.05) is 11.9 Å². The monoisotopic (exact) mass is 780 g/mol. The Morgan fingerprint density at radius 1 is 1.11 bits per heavy atom. The van der Waals surface area contributed by atoms with E-state index in [1.54, 1.807) is 28.1 Å². The Kier molecular flexibility index (Phi) is 10.1. The highest BCUT2D eigenvalue weighted by Crippen LogP contribution is 2.64. The summed E-state index contributed by atoms with van der Waals surface area (Å²) in [5, 5.41) is 11.5. The summed E-state index contributed by atoms with van der Waals surface area (Å²) in [4.78, 5) is 69.8. The van der Waals surface area contributed by atoms with E-state index in [0.29, 0.717) is 58.9 Å². The Bertz CT molecular complexity index is 2130. The summed E-state index contributed by atoms with van der Waals surface area (Å²) < 4.78 is 2.21. The number of amides is 3. The number of hydrogen-bond acceptors (Lipinski definition) is 8. The largest absolute Gasteiger partial charge is 0.355 e. The molecule has 2 aliphatic carbocycles. The second kappa shape index (κ2) is 14.6. The van der Waals surface area contributed by atoms with Crippen LogP contribution in [0.4, 0.5) is 5.82 Å². The van der Waals surface area contributed by atoms with Gasteiger partial charge >= 0.3 is 0 Å². The Balaban J connectivity index is 1.24. The first-order valence-electron chi connectivity index (χ1n) is 18.4. The van der Waals surface area contributed by atoms with Gasteiger partial charge in [0.2, 0.25) is 17.7 Å². The number of ketones is 1. The fourth-order valence-corrected chi connectivity index (χ4v) is 8.51. The highest BCUT2D eigenvalue weighted by molar-refractivity contribution is 9.10. The van der Waals surface area contributed by atoms with Crippen LogP contribution < -0.4 is 10.6 Å². The number of likely N-dealkylation sites (tertiary alicyclic amines) is 1. The van der Waals surface area contributed by atoms with Crippen LogP contribution in [0.5, 0.6) is 0 Å². The number of nitrogens with one attached hydrogen (secondary N) is 2. The molecule has 1 unspecified atom stereocenters. The molecule has 2 N–H and O–H groups in total. The van der Waals surface area contributed by atoms with Crippen LogP contribution in [-0.4, -0.2) is 71.8 Å². The number of carbonyl (C=O) groups excluding carboxylic acids is 4. The lowest BCUT2D eigenvalue weighted by molar-refractivity contribution is -0.139. The number of pyridine rings is 1. The molecule has 13 heteroatoms. The van der Waals surface area contributed by atoms with E-state index in [-0.39, 0.29) is 47.7 Å². The summed E-state index contributed by atoms with van der Waals surface area (Å²) in [5.41, 5.74) is 3.90. The zero-order chi connectivity index (χ0) is 37.6. The quantitative estimate of drug-likeness (QED) is 0.0858. The van der Waals surface area contributed by atoms with E-state index in [9.17, 15) is 19.2 Å². The van der Waals surface area contributed by atoms with Gasteiger partial charge in [-0.05, 0) is 102 Å². The predicted molar refractivity (Wildman–Crippen MR) is 205 cm³/mol. The maximum absolute atomic E-state index is 14.7. The van der Waals surface area contributed by atoms with Crippen molar-refractivity contribution in [3.8, 4) is 11.1 Å². The topological polar surface area (TPSA) is 152 Å². The number of piperidine rings is 1. The minimum absolute atomic E-state index is 0.0247. The molecule has 276 valence electrons. The molecule has 7 rings (SSSR count). The van der Waals surface area contributed by atoms with Crippen molar-refractivity contribution < 1.29 is 19.2 Å². The maximum atomic E-state index is 14.7. The fraction of sp³-hybridized carbons (Fsp3) is 0.450. The molecule has 0 bridgehead atoms. The number of aryl methyl sites for hydroxylation is 1. The summed E-state index contributed by atoms with van der Waals surface area (Å²) >= 11 is 3.45. The summed E-state index contributed by atoms with van der Waals surface area (Å²) in [7, 11) is 0. The third-order valence-electron chi connectivity index (χ3n) is 11.2. The Labute approximate surface area is 317 Å². The number of rotatable bonds is 14. The summed E-state index contributed by atoms with van der Waals surface area (Å²) in [6.45, 7) is 11.6. The van der Waals surface area contributed by atoms with Crippen LogP contribution in [0, 0.1) is 18.3 Å². The van der Waals surface area contributed by atoms with Crippen LogP contribution in [-0.2, 0) is 27.3 Å². The first-order valence-corrected chi connectivity index (χ1v) is 19.2. The molecule has 2 saturated carbocycles. The van der Waals surface area contributed by atoms with E-state index < -0.39 is 11.5 Å². The molecule has 4 atom stereocenters. The van der Waals surface area contributed by atoms with Crippen molar-refractivity contribution in [2.45, 2.75) is 97.2 Å². The van der Waals surface area contributed by atoms with E-state index in [1.165, 1.54) is 6.92 Å². The molecule has 12 nitrogen and oxygen atoms in total. The van der Waals surface area contributed by atoms with E-state index in [4.69, 9.17) is 5.10 Å². The van der Waals surface area contributed by atoms with Crippen LogP contribution in [0.1, 0.15) is 92.7 Å². The van der Waals surface area contributed by atoms with Crippen LogP contribution in [0.3, 0.4) is 0 Å². The second-order valence-corrected chi connectivity index (χ2v) is 15.6. The first-order chi connectivity index (χ1) is 25.4. The first kappa shape index (κ1) is 36.6. The standard InChI is InChI=1S/C40H45BrN8O4/c1-6-8-10-33(51)44-21-40-17-31(39(53)46-38-29(25-11-12-25)13-14-32(41)45-38)49(37(40)22(40)3)34(52)20-48-36-26(9-7-2)15-27(28-18-42-24(5)43-19-28)16-30(36)35(47-48)23(4)50/h7,13-16,18-19,22,25,31,37H,2,6,8-12,17,20-21H2,1,3-5H3,(H,44,51)(H,45,46,53)/t22-,31-,37?,40+/m0/s1. The van der Waals surface area contributed by atoms with Gasteiger partial charge in [-0.25, -0.2) is 15.0 Å². The summed E-state index contributed by atoms with van der Waals surface area (Å²) in [5.74, 6) is 0.699. The van der Waals surface area contributed by atoms with Gasteiger partial charge in [-0.15, -0.1) is 6.58 Å². The third-order valence-corrected chi connectivity index (χ3v) is 11.6. The van der Waals surface area contributed by atoms with E-state index >= 15 is 0 Å². The van der Waals surface area contributed by atoms with Gasteiger partial charge in [0.1, 0.15) is 34.5 Å². The summed E-state index contributed by atoms with van der Waals surface area (Å²) in [6.07, 6.45) is 10.4. The average molecular weight is 782 g/mol. The SMILES string of the molecule is C=CCc1cc(-c2cnc(C)nc2)cc2c(C(C)=O)nn(CC(=O)N3C4[C@H](C)[C@]4(CNC(=O)CCCC)C[C@H]3C(=O)Nc3nc(Br)ccc3C3CC3)c12.